The van der Waals surface area contributed by atoms with Crippen LogP contribution >= 0.6 is 0 Å². The first-order chi connectivity index (χ1) is 15.6. The molecule has 4 rings (SSSR count). The number of carbonyl (C=O) groups is 1. The molecule has 1 aliphatic rings. The summed E-state index contributed by atoms with van der Waals surface area (Å²) in [6, 6.07) is 17.8. The standard InChI is InChI=1S/C24H26FN5O2/c1-26-24(30-13-11-29(12-14-30)21-9-3-2-8-20(21)25)27-17-18-6-4-7-19(16-18)28-23(31)22-10-5-15-32-22/h2-10,15-16H,11-14,17H2,1H3,(H,26,27)(H,28,31). The zero-order chi connectivity index (χ0) is 22.3. The van der Waals surface area contributed by atoms with Gasteiger partial charge in [0.05, 0.1) is 12.0 Å². The predicted molar refractivity (Wildman–Crippen MR) is 123 cm³/mol. The van der Waals surface area contributed by atoms with Gasteiger partial charge in [-0.1, -0.05) is 24.3 Å². The van der Waals surface area contributed by atoms with Crippen LogP contribution in [0.1, 0.15) is 16.1 Å². The molecule has 0 saturated carbocycles. The maximum absolute atomic E-state index is 14.1. The third-order valence-electron chi connectivity index (χ3n) is 5.36. The Morgan fingerprint density at radius 3 is 2.59 bits per heavy atom. The molecular formula is C24H26FN5O2. The molecule has 2 heterocycles. The monoisotopic (exact) mass is 435 g/mol. The molecule has 3 aromatic rings. The van der Waals surface area contributed by atoms with Crippen LogP contribution in [0.3, 0.4) is 0 Å². The molecule has 0 radical (unpaired) electrons. The second-order valence-electron chi connectivity index (χ2n) is 7.46. The lowest BCUT2D eigenvalue weighted by Gasteiger charge is -2.37. The Hall–Kier alpha value is -3.81. The number of guanidine groups is 1. The molecule has 2 N–H and O–H groups in total. The van der Waals surface area contributed by atoms with Crippen LogP contribution in [0, 0.1) is 5.82 Å². The lowest BCUT2D eigenvalue weighted by atomic mass is 10.2. The van der Waals surface area contributed by atoms with E-state index in [9.17, 15) is 9.18 Å². The van der Waals surface area contributed by atoms with Crippen molar-refractivity contribution in [1.82, 2.24) is 10.2 Å². The molecule has 7 nitrogen and oxygen atoms in total. The van der Waals surface area contributed by atoms with Crippen LogP contribution in [-0.4, -0.2) is 50.0 Å². The Morgan fingerprint density at radius 2 is 1.88 bits per heavy atom. The Kier molecular flexibility index (Phi) is 6.69. The number of nitrogens with one attached hydrogen (secondary N) is 2. The summed E-state index contributed by atoms with van der Waals surface area (Å²) in [5.41, 5.74) is 2.34. The maximum Gasteiger partial charge on any atom is 0.291 e. The van der Waals surface area contributed by atoms with E-state index in [1.807, 2.05) is 36.4 Å². The van der Waals surface area contributed by atoms with Gasteiger partial charge in [0.2, 0.25) is 0 Å². The Morgan fingerprint density at radius 1 is 1.06 bits per heavy atom. The van der Waals surface area contributed by atoms with E-state index in [0.717, 1.165) is 37.7 Å². The summed E-state index contributed by atoms with van der Waals surface area (Å²) in [5.74, 6) is 0.581. The molecule has 8 heteroatoms. The Bertz CT molecular complexity index is 1080. The van der Waals surface area contributed by atoms with E-state index in [1.54, 1.807) is 25.2 Å². The largest absolute Gasteiger partial charge is 0.459 e. The molecule has 0 spiro atoms. The fraction of sp³-hybridized carbons (Fsp3) is 0.250. The van der Waals surface area contributed by atoms with Crippen molar-refractivity contribution in [2.75, 3.05) is 43.4 Å². The topological polar surface area (TPSA) is 73.1 Å². The fourth-order valence-corrected chi connectivity index (χ4v) is 3.74. The average Bonchev–Trinajstić information content (AvgIpc) is 3.36. The minimum Gasteiger partial charge on any atom is -0.459 e. The smallest absolute Gasteiger partial charge is 0.291 e. The fourth-order valence-electron chi connectivity index (χ4n) is 3.74. The van der Waals surface area contributed by atoms with Crippen molar-refractivity contribution in [2.24, 2.45) is 4.99 Å². The van der Waals surface area contributed by atoms with Crippen LogP contribution in [0.4, 0.5) is 15.8 Å². The van der Waals surface area contributed by atoms with E-state index in [2.05, 4.69) is 25.4 Å². The molecule has 1 saturated heterocycles. The number of amides is 1. The van der Waals surface area contributed by atoms with Gasteiger partial charge in [-0.2, -0.15) is 0 Å². The quantitative estimate of drug-likeness (QED) is 0.474. The zero-order valence-corrected chi connectivity index (χ0v) is 17.9. The van der Waals surface area contributed by atoms with Gasteiger partial charge in [0.25, 0.3) is 5.91 Å². The first-order valence-corrected chi connectivity index (χ1v) is 10.5. The number of halogens is 1. The van der Waals surface area contributed by atoms with Gasteiger partial charge in [0.1, 0.15) is 5.82 Å². The minimum absolute atomic E-state index is 0.192. The van der Waals surface area contributed by atoms with Gasteiger partial charge in [-0.05, 0) is 42.0 Å². The highest BCUT2D eigenvalue weighted by atomic mass is 19.1. The third kappa shape index (κ3) is 5.08. The number of hydrogen-bond acceptors (Lipinski definition) is 4. The van der Waals surface area contributed by atoms with Crippen LogP contribution in [0.15, 0.2) is 76.3 Å². The summed E-state index contributed by atoms with van der Waals surface area (Å²) >= 11 is 0. The molecule has 1 fully saturated rings. The van der Waals surface area contributed by atoms with Gasteiger partial charge in [0.15, 0.2) is 11.7 Å². The molecule has 166 valence electrons. The van der Waals surface area contributed by atoms with Crippen molar-refractivity contribution in [3.63, 3.8) is 0 Å². The normalized spacial score (nSPS) is 14.4. The average molecular weight is 436 g/mol. The summed E-state index contributed by atoms with van der Waals surface area (Å²) in [7, 11) is 1.76. The summed E-state index contributed by atoms with van der Waals surface area (Å²) in [6.45, 7) is 3.48. The third-order valence-corrected chi connectivity index (χ3v) is 5.36. The number of piperazine rings is 1. The molecule has 32 heavy (non-hydrogen) atoms. The van der Waals surface area contributed by atoms with Gasteiger partial charge in [-0.3, -0.25) is 9.79 Å². The van der Waals surface area contributed by atoms with Gasteiger partial charge in [-0.15, -0.1) is 0 Å². The van der Waals surface area contributed by atoms with Crippen molar-refractivity contribution in [3.05, 3.63) is 84.1 Å². The summed E-state index contributed by atoms with van der Waals surface area (Å²) in [5, 5.41) is 6.22. The lowest BCUT2D eigenvalue weighted by Crippen LogP contribution is -2.52. The lowest BCUT2D eigenvalue weighted by molar-refractivity contribution is 0.0996. The van der Waals surface area contributed by atoms with Crippen molar-refractivity contribution in [1.29, 1.82) is 0 Å². The van der Waals surface area contributed by atoms with Crippen molar-refractivity contribution in [3.8, 4) is 0 Å². The molecule has 0 bridgehead atoms. The highest BCUT2D eigenvalue weighted by molar-refractivity contribution is 6.02. The molecule has 1 amide bonds. The molecule has 1 aliphatic heterocycles. The van der Waals surface area contributed by atoms with E-state index in [0.29, 0.717) is 17.9 Å². The van der Waals surface area contributed by atoms with E-state index in [-0.39, 0.29) is 17.5 Å². The van der Waals surface area contributed by atoms with Gasteiger partial charge in [-0.25, -0.2) is 4.39 Å². The highest BCUT2D eigenvalue weighted by Gasteiger charge is 2.21. The van der Waals surface area contributed by atoms with Crippen LogP contribution in [0.2, 0.25) is 0 Å². The molecular weight excluding hydrogens is 409 g/mol. The number of nitrogens with zero attached hydrogens (tertiary/aromatic N) is 3. The number of para-hydroxylation sites is 1. The first kappa shape index (κ1) is 21.4. The van der Waals surface area contributed by atoms with Crippen LogP contribution in [0.25, 0.3) is 0 Å². The zero-order valence-electron chi connectivity index (χ0n) is 17.9. The van der Waals surface area contributed by atoms with Gasteiger partial charge in [0, 0.05) is 45.5 Å². The SMILES string of the molecule is CN=C(NCc1cccc(NC(=O)c2ccco2)c1)N1CCN(c2ccccc2F)CC1. The van der Waals surface area contributed by atoms with Crippen molar-refractivity contribution in [2.45, 2.75) is 6.54 Å². The number of furan rings is 1. The number of carbonyl (C=O) groups excluding carboxylic acids is 1. The second-order valence-corrected chi connectivity index (χ2v) is 7.46. The molecule has 0 atom stereocenters. The van der Waals surface area contributed by atoms with E-state index < -0.39 is 0 Å². The molecule has 0 unspecified atom stereocenters. The predicted octanol–water partition coefficient (Wildman–Crippen LogP) is 3.57. The van der Waals surface area contributed by atoms with Crippen LogP contribution in [0.5, 0.6) is 0 Å². The molecule has 2 aromatic carbocycles. The Labute approximate surface area is 186 Å². The van der Waals surface area contributed by atoms with Crippen molar-refractivity contribution >= 4 is 23.2 Å². The number of aliphatic imine (C=N–C) groups is 1. The maximum atomic E-state index is 14.1. The minimum atomic E-state index is -0.288. The van der Waals surface area contributed by atoms with Crippen LogP contribution < -0.4 is 15.5 Å². The number of benzene rings is 2. The number of hydrogen-bond donors (Lipinski definition) is 2. The van der Waals surface area contributed by atoms with Gasteiger partial charge >= 0.3 is 0 Å². The van der Waals surface area contributed by atoms with Crippen molar-refractivity contribution < 1.29 is 13.6 Å². The Balaban J connectivity index is 1.31. The number of anilines is 2. The molecule has 1 aromatic heterocycles. The van der Waals surface area contributed by atoms with E-state index >= 15 is 0 Å². The summed E-state index contributed by atoms with van der Waals surface area (Å²) in [4.78, 5) is 20.8. The summed E-state index contributed by atoms with van der Waals surface area (Å²) < 4.78 is 19.2. The van der Waals surface area contributed by atoms with Crippen LogP contribution in [-0.2, 0) is 6.54 Å². The van der Waals surface area contributed by atoms with E-state index in [1.165, 1.54) is 12.3 Å². The number of rotatable bonds is 5. The van der Waals surface area contributed by atoms with E-state index in [4.69, 9.17) is 4.42 Å². The molecule has 0 aliphatic carbocycles. The first-order valence-electron chi connectivity index (χ1n) is 10.5. The second kappa shape index (κ2) is 10.00. The highest BCUT2D eigenvalue weighted by Crippen LogP contribution is 2.20. The summed E-state index contributed by atoms with van der Waals surface area (Å²) in [6.07, 6.45) is 1.47. The van der Waals surface area contributed by atoms with Gasteiger partial charge < -0.3 is 24.9 Å².